The average Bonchev–Trinajstić information content (AvgIpc) is 2.25. The second-order valence-electron chi connectivity index (χ2n) is 4.43. The summed E-state index contributed by atoms with van der Waals surface area (Å²) in [6, 6.07) is 3.40. The maximum Gasteiger partial charge on any atom is 0.159 e. The van der Waals surface area contributed by atoms with Crippen molar-refractivity contribution in [1.29, 1.82) is 0 Å². The summed E-state index contributed by atoms with van der Waals surface area (Å²) in [7, 11) is -3.01. The van der Waals surface area contributed by atoms with E-state index in [0.29, 0.717) is 34.7 Å². The van der Waals surface area contributed by atoms with Crippen molar-refractivity contribution in [3.8, 4) is 0 Å². The second kappa shape index (κ2) is 4.11. The van der Waals surface area contributed by atoms with Crippen molar-refractivity contribution in [1.82, 2.24) is 4.90 Å². The lowest BCUT2D eigenvalue weighted by atomic mass is 10.1. The molecule has 96 valence electrons. The molecule has 0 spiro atoms. The molecule has 3 rings (SSSR count). The number of aliphatic imine (C=N–C) groups is 1. The summed E-state index contributed by atoms with van der Waals surface area (Å²) in [5.41, 5.74) is 1.58. The third-order valence-corrected chi connectivity index (χ3v) is 5.18. The van der Waals surface area contributed by atoms with Gasteiger partial charge in [-0.2, -0.15) is 0 Å². The molecule has 0 N–H and O–H groups in total. The van der Waals surface area contributed by atoms with Crippen molar-refractivity contribution in [3.63, 3.8) is 0 Å². The Balaban J connectivity index is 2.10. The molecule has 2 aliphatic rings. The summed E-state index contributed by atoms with van der Waals surface area (Å²) < 4.78 is 23.2. The molecule has 2 heterocycles. The van der Waals surface area contributed by atoms with Gasteiger partial charge in [0.05, 0.1) is 11.4 Å². The molecule has 0 aromatic heterocycles. The van der Waals surface area contributed by atoms with Crippen LogP contribution in [-0.4, -0.2) is 37.2 Å². The molecular weight excluding hydrogens is 295 g/mol. The van der Waals surface area contributed by atoms with Gasteiger partial charge in [0, 0.05) is 28.7 Å². The van der Waals surface area contributed by atoms with Gasteiger partial charge in [0.2, 0.25) is 0 Å². The zero-order valence-electron chi connectivity index (χ0n) is 9.36. The van der Waals surface area contributed by atoms with E-state index in [1.165, 1.54) is 0 Å². The number of nitrogens with zero attached hydrogens (tertiary/aromatic N) is 2. The Kier molecular flexibility index (Phi) is 2.80. The van der Waals surface area contributed by atoms with Crippen LogP contribution in [0, 0.1) is 0 Å². The van der Waals surface area contributed by atoms with Crippen LogP contribution in [0.1, 0.15) is 5.56 Å². The summed E-state index contributed by atoms with van der Waals surface area (Å²) in [4.78, 5) is 6.34. The van der Waals surface area contributed by atoms with Crippen LogP contribution in [0.25, 0.3) is 0 Å². The zero-order valence-corrected chi connectivity index (χ0v) is 11.7. The molecule has 1 fully saturated rings. The van der Waals surface area contributed by atoms with Gasteiger partial charge in [-0.15, -0.1) is 0 Å². The minimum Gasteiger partial charge on any atom is -0.354 e. The number of sulfone groups is 1. The van der Waals surface area contributed by atoms with E-state index in [-0.39, 0.29) is 11.5 Å². The number of fused-ring (bicyclic) bond motifs is 2. The normalized spacial score (nSPS) is 21.0. The van der Waals surface area contributed by atoms with Crippen LogP contribution in [0.5, 0.6) is 0 Å². The SMILES string of the molecule is O=S1(=O)CCN2Cc3c(Cl)cc(Cl)cc3N=C2C1. The van der Waals surface area contributed by atoms with E-state index in [1.54, 1.807) is 12.1 Å². The summed E-state index contributed by atoms with van der Waals surface area (Å²) in [6.07, 6.45) is 0. The Morgan fingerprint density at radius 1 is 1.28 bits per heavy atom. The first kappa shape index (κ1) is 12.3. The van der Waals surface area contributed by atoms with Crippen molar-refractivity contribution in [2.24, 2.45) is 4.99 Å². The van der Waals surface area contributed by atoms with Gasteiger partial charge < -0.3 is 4.90 Å². The molecule has 0 aliphatic carbocycles. The third kappa shape index (κ3) is 2.11. The topological polar surface area (TPSA) is 49.7 Å². The van der Waals surface area contributed by atoms with Crippen LogP contribution in [0.15, 0.2) is 17.1 Å². The highest BCUT2D eigenvalue weighted by Crippen LogP contribution is 2.35. The first-order valence-corrected chi connectivity index (χ1v) is 8.03. The molecule has 0 radical (unpaired) electrons. The molecule has 1 aromatic carbocycles. The molecule has 18 heavy (non-hydrogen) atoms. The van der Waals surface area contributed by atoms with Gasteiger partial charge in [-0.3, -0.25) is 0 Å². The van der Waals surface area contributed by atoms with Crippen LogP contribution in [-0.2, 0) is 16.4 Å². The number of amidine groups is 1. The molecule has 7 heteroatoms. The number of rotatable bonds is 0. The van der Waals surface area contributed by atoms with E-state index in [1.807, 2.05) is 4.90 Å². The van der Waals surface area contributed by atoms with Crippen molar-refractivity contribution >= 4 is 44.6 Å². The van der Waals surface area contributed by atoms with Crippen molar-refractivity contribution in [2.75, 3.05) is 18.1 Å². The van der Waals surface area contributed by atoms with Gasteiger partial charge in [-0.05, 0) is 12.1 Å². The first-order chi connectivity index (χ1) is 8.44. The van der Waals surface area contributed by atoms with Gasteiger partial charge in [0.15, 0.2) is 9.84 Å². The molecule has 1 saturated heterocycles. The summed E-state index contributed by atoms with van der Waals surface area (Å²) >= 11 is 12.1. The monoisotopic (exact) mass is 304 g/mol. The lowest BCUT2D eigenvalue weighted by Gasteiger charge is -2.34. The Hall–Kier alpha value is -0.780. The largest absolute Gasteiger partial charge is 0.354 e. The van der Waals surface area contributed by atoms with Crippen molar-refractivity contribution in [2.45, 2.75) is 6.54 Å². The van der Waals surface area contributed by atoms with E-state index in [4.69, 9.17) is 23.2 Å². The lowest BCUT2D eigenvalue weighted by molar-refractivity contribution is 0.418. The summed E-state index contributed by atoms with van der Waals surface area (Å²) in [5.74, 6) is 0.760. The van der Waals surface area contributed by atoms with E-state index in [2.05, 4.69) is 4.99 Å². The molecule has 4 nitrogen and oxygen atoms in total. The highest BCUT2D eigenvalue weighted by molar-refractivity contribution is 7.92. The van der Waals surface area contributed by atoms with E-state index >= 15 is 0 Å². The fourth-order valence-electron chi connectivity index (χ4n) is 2.19. The predicted molar refractivity (Wildman–Crippen MR) is 72.6 cm³/mol. The van der Waals surface area contributed by atoms with Crippen LogP contribution in [0.4, 0.5) is 5.69 Å². The van der Waals surface area contributed by atoms with Gasteiger partial charge >= 0.3 is 0 Å². The van der Waals surface area contributed by atoms with E-state index in [0.717, 1.165) is 5.56 Å². The molecule has 1 aromatic rings. The molecule has 0 saturated carbocycles. The van der Waals surface area contributed by atoms with Gasteiger partial charge in [-0.1, -0.05) is 23.2 Å². The Morgan fingerprint density at radius 3 is 2.83 bits per heavy atom. The zero-order chi connectivity index (χ0) is 12.9. The standard InChI is InChI=1S/C11H10Cl2N2O2S/c12-7-3-9(13)8-5-15-1-2-18(16,17)6-11(15)14-10(8)4-7/h3-4H,1-2,5-6H2. The maximum atomic E-state index is 11.6. The minimum atomic E-state index is -3.01. The quantitative estimate of drug-likeness (QED) is 0.739. The van der Waals surface area contributed by atoms with Crippen molar-refractivity contribution in [3.05, 3.63) is 27.7 Å². The predicted octanol–water partition coefficient (Wildman–Crippen LogP) is 2.27. The van der Waals surface area contributed by atoms with Gasteiger partial charge in [0.1, 0.15) is 11.6 Å². The van der Waals surface area contributed by atoms with Crippen molar-refractivity contribution < 1.29 is 8.42 Å². The third-order valence-electron chi connectivity index (χ3n) is 3.12. The molecule has 0 bridgehead atoms. The first-order valence-electron chi connectivity index (χ1n) is 5.45. The number of benzene rings is 1. The molecular formula is C11H10Cl2N2O2S. The van der Waals surface area contributed by atoms with Gasteiger partial charge in [-0.25, -0.2) is 13.4 Å². The highest BCUT2D eigenvalue weighted by atomic mass is 35.5. The van der Waals surface area contributed by atoms with Crippen LogP contribution >= 0.6 is 23.2 Å². The Labute approximate surface area is 115 Å². The van der Waals surface area contributed by atoms with Crippen LogP contribution < -0.4 is 0 Å². The average molecular weight is 305 g/mol. The Bertz CT molecular complexity index is 655. The fraction of sp³-hybridized carbons (Fsp3) is 0.364. The van der Waals surface area contributed by atoms with Crippen LogP contribution in [0.2, 0.25) is 10.0 Å². The summed E-state index contributed by atoms with van der Waals surface area (Å²) in [5, 5.41) is 1.09. The minimum absolute atomic E-state index is 0.00340. The second-order valence-corrected chi connectivity index (χ2v) is 7.45. The van der Waals surface area contributed by atoms with Gasteiger partial charge in [0.25, 0.3) is 0 Å². The smallest absolute Gasteiger partial charge is 0.159 e. The molecule has 0 unspecified atom stereocenters. The number of hydrogen-bond donors (Lipinski definition) is 0. The maximum absolute atomic E-state index is 11.6. The highest BCUT2D eigenvalue weighted by Gasteiger charge is 2.30. The summed E-state index contributed by atoms with van der Waals surface area (Å²) in [6.45, 7) is 1.07. The van der Waals surface area contributed by atoms with E-state index < -0.39 is 9.84 Å². The Morgan fingerprint density at radius 2 is 2.06 bits per heavy atom. The molecule has 0 atom stereocenters. The fourth-order valence-corrected chi connectivity index (χ4v) is 4.01. The van der Waals surface area contributed by atoms with Crippen LogP contribution in [0.3, 0.4) is 0 Å². The lowest BCUT2D eigenvalue weighted by Crippen LogP contribution is -2.45. The van der Waals surface area contributed by atoms with E-state index in [9.17, 15) is 8.42 Å². The number of halogens is 2. The number of hydrogen-bond acceptors (Lipinski definition) is 4. The molecule has 0 amide bonds. The molecule has 2 aliphatic heterocycles.